The summed E-state index contributed by atoms with van der Waals surface area (Å²) in [5.74, 6) is -3.28. The highest BCUT2D eigenvalue weighted by molar-refractivity contribution is 9.10. The van der Waals surface area contributed by atoms with Crippen molar-refractivity contribution in [2.75, 3.05) is 0 Å². The third-order valence-electron chi connectivity index (χ3n) is 2.87. The summed E-state index contributed by atoms with van der Waals surface area (Å²) in [5, 5.41) is 10.3. The number of benzene rings is 1. The zero-order valence-corrected chi connectivity index (χ0v) is 12.1. The summed E-state index contributed by atoms with van der Waals surface area (Å²) in [6.07, 6.45) is -5.12. The minimum Gasteiger partial charge on any atom is -0.479 e. The number of carboxylic acids is 1. The largest absolute Gasteiger partial charge is 0.479 e. The zero-order valence-electron chi connectivity index (χ0n) is 10.5. The molecule has 4 nitrogen and oxygen atoms in total. The predicted octanol–water partition coefficient (Wildman–Crippen LogP) is 2.89. The quantitative estimate of drug-likeness (QED) is 0.877. The van der Waals surface area contributed by atoms with Gasteiger partial charge >= 0.3 is 12.1 Å². The molecule has 0 fully saturated rings. The smallest absolute Gasteiger partial charge is 0.422 e. The Morgan fingerprint density at radius 3 is 2.30 bits per heavy atom. The van der Waals surface area contributed by atoms with Crippen molar-refractivity contribution in [1.29, 1.82) is 0 Å². The van der Waals surface area contributed by atoms with Gasteiger partial charge in [0.2, 0.25) is 5.54 Å². The minimum absolute atomic E-state index is 0.0314. The number of nitrogens with one attached hydrogen (secondary N) is 1. The standard InChI is InChI=1S/C12H11BrF3NO3/c1-6-7(4-3-5-8(6)13)9(18)17-11(2,10(19)20)12(14,15)16/h3-5H,1-2H3,(H,17,18)(H,19,20). The van der Waals surface area contributed by atoms with E-state index in [0.29, 0.717) is 17.0 Å². The Morgan fingerprint density at radius 1 is 1.30 bits per heavy atom. The number of carboxylic acid groups (broad SMARTS) is 1. The van der Waals surface area contributed by atoms with Crippen LogP contribution in [0.4, 0.5) is 13.2 Å². The molecule has 0 bridgehead atoms. The van der Waals surface area contributed by atoms with Gasteiger partial charge in [0, 0.05) is 10.0 Å². The number of aliphatic carboxylic acids is 1. The molecular formula is C12H11BrF3NO3. The van der Waals surface area contributed by atoms with Crippen LogP contribution in [0.2, 0.25) is 0 Å². The summed E-state index contributed by atoms with van der Waals surface area (Å²) in [6.45, 7) is 1.94. The molecule has 0 radical (unpaired) electrons. The van der Waals surface area contributed by atoms with Crippen LogP contribution in [0.1, 0.15) is 22.8 Å². The second-order valence-electron chi connectivity index (χ2n) is 4.29. The van der Waals surface area contributed by atoms with Crippen LogP contribution < -0.4 is 5.32 Å². The van der Waals surface area contributed by atoms with Crippen LogP contribution in [-0.2, 0) is 4.79 Å². The van der Waals surface area contributed by atoms with Crippen LogP contribution in [0, 0.1) is 6.92 Å². The third-order valence-corrected chi connectivity index (χ3v) is 3.73. The first-order chi connectivity index (χ1) is 9.00. The Hall–Kier alpha value is -1.57. The highest BCUT2D eigenvalue weighted by atomic mass is 79.9. The molecule has 1 aromatic carbocycles. The number of halogens is 4. The summed E-state index contributed by atoms with van der Waals surface area (Å²) in [7, 11) is 0. The monoisotopic (exact) mass is 353 g/mol. The molecule has 110 valence electrons. The Morgan fingerprint density at radius 2 is 1.85 bits per heavy atom. The maximum atomic E-state index is 12.8. The van der Waals surface area contributed by atoms with E-state index in [0.717, 1.165) is 0 Å². The van der Waals surface area contributed by atoms with Gasteiger partial charge in [-0.15, -0.1) is 0 Å². The van der Waals surface area contributed by atoms with E-state index in [1.54, 1.807) is 6.07 Å². The number of hydrogen-bond donors (Lipinski definition) is 2. The molecule has 0 aliphatic carbocycles. The van der Waals surface area contributed by atoms with Crippen molar-refractivity contribution >= 4 is 27.8 Å². The van der Waals surface area contributed by atoms with Crippen molar-refractivity contribution in [2.24, 2.45) is 0 Å². The normalized spacial score (nSPS) is 14.5. The maximum Gasteiger partial charge on any atom is 0.422 e. The summed E-state index contributed by atoms with van der Waals surface area (Å²) < 4.78 is 39.0. The SMILES string of the molecule is Cc1c(Br)cccc1C(=O)NC(C)(C(=O)O)C(F)(F)F. The Labute approximate surface area is 121 Å². The van der Waals surface area contributed by atoms with E-state index in [2.05, 4.69) is 15.9 Å². The van der Waals surface area contributed by atoms with E-state index < -0.39 is 23.6 Å². The molecule has 0 heterocycles. The molecule has 20 heavy (non-hydrogen) atoms. The van der Waals surface area contributed by atoms with E-state index in [-0.39, 0.29) is 5.56 Å². The number of alkyl halides is 3. The van der Waals surface area contributed by atoms with Gasteiger partial charge in [-0.3, -0.25) is 4.79 Å². The number of hydrogen-bond acceptors (Lipinski definition) is 2. The Kier molecular flexibility index (Phi) is 4.48. The molecule has 1 atom stereocenters. The van der Waals surface area contributed by atoms with E-state index >= 15 is 0 Å². The van der Waals surface area contributed by atoms with Crippen molar-refractivity contribution in [3.63, 3.8) is 0 Å². The first kappa shape index (κ1) is 16.5. The molecule has 0 saturated heterocycles. The van der Waals surface area contributed by atoms with Crippen LogP contribution in [-0.4, -0.2) is 28.7 Å². The molecule has 1 aromatic rings. The number of amides is 1. The van der Waals surface area contributed by atoms with Crippen LogP contribution >= 0.6 is 15.9 Å². The van der Waals surface area contributed by atoms with Crippen LogP contribution in [0.3, 0.4) is 0 Å². The topological polar surface area (TPSA) is 66.4 Å². The van der Waals surface area contributed by atoms with Crippen molar-refractivity contribution in [2.45, 2.75) is 25.6 Å². The predicted molar refractivity (Wildman–Crippen MR) is 68.4 cm³/mol. The lowest BCUT2D eigenvalue weighted by atomic mass is 10.00. The molecule has 1 amide bonds. The summed E-state index contributed by atoms with van der Waals surface area (Å²) >= 11 is 3.14. The molecule has 0 saturated carbocycles. The molecule has 2 N–H and O–H groups in total. The average molecular weight is 354 g/mol. The Bertz CT molecular complexity index is 559. The number of rotatable bonds is 3. The fourth-order valence-electron chi connectivity index (χ4n) is 1.39. The summed E-state index contributed by atoms with van der Waals surface area (Å²) in [6, 6.07) is 4.40. The number of carbonyl (C=O) groups excluding carboxylic acids is 1. The average Bonchev–Trinajstić information content (AvgIpc) is 2.30. The maximum absolute atomic E-state index is 12.8. The summed E-state index contributed by atoms with van der Waals surface area (Å²) in [5.41, 5.74) is -2.96. The minimum atomic E-state index is -5.12. The van der Waals surface area contributed by atoms with E-state index in [4.69, 9.17) is 5.11 Å². The van der Waals surface area contributed by atoms with Crippen LogP contribution in [0.15, 0.2) is 22.7 Å². The molecule has 1 unspecified atom stereocenters. The lowest BCUT2D eigenvalue weighted by Crippen LogP contribution is -2.61. The summed E-state index contributed by atoms with van der Waals surface area (Å²) in [4.78, 5) is 22.7. The molecule has 8 heteroatoms. The van der Waals surface area contributed by atoms with Crippen molar-refractivity contribution in [1.82, 2.24) is 5.32 Å². The molecule has 0 aliphatic heterocycles. The Balaban J connectivity index is 3.17. The van der Waals surface area contributed by atoms with Gasteiger partial charge < -0.3 is 10.4 Å². The van der Waals surface area contributed by atoms with Gasteiger partial charge in [0.1, 0.15) is 0 Å². The van der Waals surface area contributed by atoms with E-state index in [1.807, 2.05) is 0 Å². The van der Waals surface area contributed by atoms with Gasteiger partial charge in [0.15, 0.2) is 0 Å². The van der Waals surface area contributed by atoms with Crippen molar-refractivity contribution < 1.29 is 27.9 Å². The van der Waals surface area contributed by atoms with Gasteiger partial charge in [0.05, 0.1) is 0 Å². The fraction of sp³-hybridized carbons (Fsp3) is 0.333. The van der Waals surface area contributed by atoms with Crippen molar-refractivity contribution in [3.05, 3.63) is 33.8 Å². The number of carbonyl (C=O) groups is 2. The highest BCUT2D eigenvalue weighted by Gasteiger charge is 2.58. The lowest BCUT2D eigenvalue weighted by molar-refractivity contribution is -0.203. The first-order valence-electron chi connectivity index (χ1n) is 5.38. The molecular weight excluding hydrogens is 343 g/mol. The van der Waals surface area contributed by atoms with Gasteiger partial charge in [-0.1, -0.05) is 22.0 Å². The van der Waals surface area contributed by atoms with Gasteiger partial charge in [-0.05, 0) is 31.5 Å². The lowest BCUT2D eigenvalue weighted by Gasteiger charge is -2.28. The molecule has 0 spiro atoms. The zero-order chi connectivity index (χ0) is 15.7. The van der Waals surface area contributed by atoms with Gasteiger partial charge in [0.25, 0.3) is 5.91 Å². The second kappa shape index (κ2) is 5.43. The second-order valence-corrected chi connectivity index (χ2v) is 5.15. The van der Waals surface area contributed by atoms with E-state index in [1.165, 1.54) is 24.4 Å². The van der Waals surface area contributed by atoms with Gasteiger partial charge in [-0.25, -0.2) is 4.79 Å². The van der Waals surface area contributed by atoms with Crippen molar-refractivity contribution in [3.8, 4) is 0 Å². The third kappa shape index (κ3) is 2.95. The molecule has 0 aromatic heterocycles. The first-order valence-corrected chi connectivity index (χ1v) is 6.17. The van der Waals surface area contributed by atoms with E-state index in [9.17, 15) is 22.8 Å². The fourth-order valence-corrected chi connectivity index (χ4v) is 1.76. The van der Waals surface area contributed by atoms with Gasteiger partial charge in [-0.2, -0.15) is 13.2 Å². The van der Waals surface area contributed by atoms with Crippen LogP contribution in [0.25, 0.3) is 0 Å². The van der Waals surface area contributed by atoms with Crippen LogP contribution in [0.5, 0.6) is 0 Å². The molecule has 1 rings (SSSR count). The molecule has 0 aliphatic rings. The highest BCUT2D eigenvalue weighted by Crippen LogP contribution is 2.31.